The van der Waals surface area contributed by atoms with Crippen molar-refractivity contribution >= 4 is 6.08 Å². The van der Waals surface area contributed by atoms with E-state index in [0.29, 0.717) is 5.56 Å². The second kappa shape index (κ2) is 3.16. The molecule has 0 nitrogen and oxygen atoms in total. The summed E-state index contributed by atoms with van der Waals surface area (Å²) < 4.78 is 12.7. The quantitative estimate of drug-likeness (QED) is 0.555. The van der Waals surface area contributed by atoms with Gasteiger partial charge in [0.25, 0.3) is 0 Å². The molecule has 0 saturated heterocycles. The predicted molar refractivity (Wildman–Crippen MR) is 40.8 cm³/mol. The first-order valence-electron chi connectivity index (χ1n) is 3.05. The fourth-order valence-corrected chi connectivity index (χ4v) is 0.737. The average Bonchev–Trinajstić information content (AvgIpc) is 1.94. The maximum atomic E-state index is 12.7. The first-order valence-corrected chi connectivity index (χ1v) is 3.05. The first kappa shape index (κ1) is 7.00. The Morgan fingerprint density at radius 2 is 2.00 bits per heavy atom. The third-order valence-corrected chi connectivity index (χ3v) is 1.20. The van der Waals surface area contributed by atoms with Crippen molar-refractivity contribution in [1.82, 2.24) is 0 Å². The molecular weight excluding hydrogens is 127 g/mol. The van der Waals surface area contributed by atoms with E-state index in [-0.39, 0.29) is 5.82 Å². The molecule has 1 aromatic carbocycles. The highest BCUT2D eigenvalue weighted by atomic mass is 19.1. The van der Waals surface area contributed by atoms with Crippen LogP contribution in [0.15, 0.2) is 30.3 Å². The van der Waals surface area contributed by atoms with Crippen molar-refractivity contribution in [3.05, 3.63) is 48.6 Å². The van der Waals surface area contributed by atoms with Gasteiger partial charge in [0.2, 0.25) is 0 Å². The van der Waals surface area contributed by atoms with Crippen LogP contribution >= 0.6 is 0 Å². The number of hydrogen-bond donors (Lipinski definition) is 0. The van der Waals surface area contributed by atoms with Crippen molar-refractivity contribution in [2.45, 2.75) is 0 Å². The summed E-state index contributed by atoms with van der Waals surface area (Å²) in [7, 11) is 0. The molecule has 0 saturated carbocycles. The van der Waals surface area contributed by atoms with Crippen LogP contribution in [0.1, 0.15) is 5.56 Å². The summed E-state index contributed by atoms with van der Waals surface area (Å²) in [5.74, 6) is -0.206. The van der Waals surface area contributed by atoms with E-state index in [2.05, 4.69) is 6.92 Å². The molecule has 0 heterocycles. The Kier molecular flexibility index (Phi) is 2.21. The van der Waals surface area contributed by atoms with E-state index in [1.54, 1.807) is 30.4 Å². The Labute approximate surface area is 60.0 Å². The third kappa shape index (κ3) is 1.44. The van der Waals surface area contributed by atoms with Gasteiger partial charge in [-0.25, -0.2) is 4.39 Å². The molecule has 0 bridgehead atoms. The predicted octanol–water partition coefficient (Wildman–Crippen LogP) is 2.67. The van der Waals surface area contributed by atoms with Gasteiger partial charge in [-0.1, -0.05) is 30.4 Å². The van der Waals surface area contributed by atoms with Gasteiger partial charge < -0.3 is 0 Å². The second-order valence-electron chi connectivity index (χ2n) is 1.92. The molecule has 0 unspecified atom stereocenters. The van der Waals surface area contributed by atoms with Crippen LogP contribution in [0.4, 0.5) is 4.39 Å². The molecule has 1 rings (SSSR count). The minimum Gasteiger partial charge on any atom is -0.206 e. The van der Waals surface area contributed by atoms with E-state index >= 15 is 0 Å². The molecule has 1 aromatic rings. The van der Waals surface area contributed by atoms with E-state index in [0.717, 1.165) is 0 Å². The highest BCUT2D eigenvalue weighted by Gasteiger charge is 1.92. The van der Waals surface area contributed by atoms with E-state index in [1.165, 1.54) is 6.07 Å². The topological polar surface area (TPSA) is 0 Å². The molecule has 0 aromatic heterocycles. The zero-order valence-corrected chi connectivity index (χ0v) is 5.55. The number of allylic oxidation sites excluding steroid dienone is 1. The monoisotopic (exact) mass is 135 g/mol. The van der Waals surface area contributed by atoms with Crippen molar-refractivity contribution < 1.29 is 4.39 Å². The van der Waals surface area contributed by atoms with Gasteiger partial charge in [0.05, 0.1) is 0 Å². The van der Waals surface area contributed by atoms with Crippen molar-refractivity contribution in [2.24, 2.45) is 0 Å². The lowest BCUT2D eigenvalue weighted by Crippen LogP contribution is -1.77. The minimum absolute atomic E-state index is 0.206. The molecule has 0 amide bonds. The number of rotatable bonds is 1. The van der Waals surface area contributed by atoms with Gasteiger partial charge in [0.15, 0.2) is 0 Å². The van der Waals surface area contributed by atoms with Crippen LogP contribution in [0, 0.1) is 12.7 Å². The average molecular weight is 135 g/mol. The van der Waals surface area contributed by atoms with E-state index in [9.17, 15) is 4.39 Å². The standard InChI is InChI=1S/C9H8F/c1-2-5-8-6-3-4-7-9(8)10/h2-7H,1H2/b5-2+. The zero-order valence-electron chi connectivity index (χ0n) is 5.55. The summed E-state index contributed by atoms with van der Waals surface area (Å²) >= 11 is 0. The van der Waals surface area contributed by atoms with Crippen LogP contribution in [0.25, 0.3) is 6.08 Å². The van der Waals surface area contributed by atoms with Gasteiger partial charge in [0.1, 0.15) is 5.82 Å². The Hall–Kier alpha value is -1.11. The number of hydrogen-bond acceptors (Lipinski definition) is 0. The van der Waals surface area contributed by atoms with Gasteiger partial charge in [-0.15, -0.1) is 0 Å². The summed E-state index contributed by atoms with van der Waals surface area (Å²) in [6.07, 6.45) is 3.20. The van der Waals surface area contributed by atoms with E-state index < -0.39 is 0 Å². The van der Waals surface area contributed by atoms with Crippen molar-refractivity contribution in [2.75, 3.05) is 0 Å². The van der Waals surface area contributed by atoms with E-state index in [4.69, 9.17) is 0 Å². The third-order valence-electron chi connectivity index (χ3n) is 1.20. The Morgan fingerprint density at radius 1 is 1.30 bits per heavy atom. The van der Waals surface area contributed by atoms with Gasteiger partial charge in [-0.2, -0.15) is 0 Å². The van der Waals surface area contributed by atoms with Gasteiger partial charge >= 0.3 is 0 Å². The van der Waals surface area contributed by atoms with E-state index in [1.807, 2.05) is 0 Å². The first-order chi connectivity index (χ1) is 4.84. The normalized spacial score (nSPS) is 10.6. The van der Waals surface area contributed by atoms with Crippen molar-refractivity contribution in [3.8, 4) is 0 Å². The van der Waals surface area contributed by atoms with Gasteiger partial charge in [0, 0.05) is 5.56 Å². The molecule has 0 N–H and O–H groups in total. The molecule has 10 heavy (non-hydrogen) atoms. The summed E-state index contributed by atoms with van der Waals surface area (Å²) in [5, 5.41) is 0. The highest BCUT2D eigenvalue weighted by molar-refractivity contribution is 5.49. The molecule has 1 heteroatoms. The minimum atomic E-state index is -0.206. The molecule has 0 aliphatic carbocycles. The number of benzene rings is 1. The summed E-state index contributed by atoms with van der Waals surface area (Å²) in [5.41, 5.74) is 0.581. The molecule has 0 atom stereocenters. The molecule has 0 aliphatic rings. The second-order valence-corrected chi connectivity index (χ2v) is 1.92. The smallest absolute Gasteiger partial charge is 0.130 e. The van der Waals surface area contributed by atoms with Crippen LogP contribution < -0.4 is 0 Å². The number of halogens is 1. The molecule has 0 aliphatic heterocycles. The SMILES string of the molecule is [CH2]/C=C/c1ccccc1F. The maximum Gasteiger partial charge on any atom is 0.130 e. The van der Waals surface area contributed by atoms with Crippen LogP contribution in [0.2, 0.25) is 0 Å². The van der Waals surface area contributed by atoms with Crippen molar-refractivity contribution in [1.29, 1.82) is 0 Å². The summed E-state index contributed by atoms with van der Waals surface area (Å²) in [6.45, 7) is 3.47. The Morgan fingerprint density at radius 3 is 2.60 bits per heavy atom. The van der Waals surface area contributed by atoms with Crippen LogP contribution in [0.5, 0.6) is 0 Å². The van der Waals surface area contributed by atoms with Gasteiger partial charge in [-0.05, 0) is 13.0 Å². The van der Waals surface area contributed by atoms with Crippen molar-refractivity contribution in [3.63, 3.8) is 0 Å². The molecule has 1 radical (unpaired) electrons. The maximum absolute atomic E-state index is 12.7. The largest absolute Gasteiger partial charge is 0.206 e. The fourth-order valence-electron chi connectivity index (χ4n) is 0.737. The lowest BCUT2D eigenvalue weighted by atomic mass is 10.2. The molecule has 51 valence electrons. The summed E-state index contributed by atoms with van der Waals surface area (Å²) in [6, 6.07) is 6.58. The molecule has 0 fully saturated rings. The van der Waals surface area contributed by atoms with Crippen LogP contribution in [-0.2, 0) is 0 Å². The lowest BCUT2D eigenvalue weighted by Gasteiger charge is -1.92. The lowest BCUT2D eigenvalue weighted by molar-refractivity contribution is 0.625. The van der Waals surface area contributed by atoms with Gasteiger partial charge in [-0.3, -0.25) is 0 Å². The fraction of sp³-hybridized carbons (Fsp3) is 0. The molecule has 0 spiro atoms. The summed E-state index contributed by atoms with van der Waals surface area (Å²) in [4.78, 5) is 0. The highest BCUT2D eigenvalue weighted by Crippen LogP contribution is 2.07. The van der Waals surface area contributed by atoms with Crippen LogP contribution in [-0.4, -0.2) is 0 Å². The Bertz CT molecular complexity index is 238. The Balaban J connectivity index is 3.03. The van der Waals surface area contributed by atoms with Crippen LogP contribution in [0.3, 0.4) is 0 Å². The molecular formula is C9H8F. The zero-order chi connectivity index (χ0) is 7.40.